The van der Waals surface area contributed by atoms with Gasteiger partial charge in [0.1, 0.15) is 18.3 Å². The van der Waals surface area contributed by atoms with Crippen LogP contribution in [0, 0.1) is 0 Å². The molecule has 2 rings (SSSR count). The number of H-pyrrole nitrogens is 1. The van der Waals surface area contributed by atoms with E-state index in [-0.39, 0.29) is 4.98 Å². The Morgan fingerprint density at radius 3 is 2.67 bits per heavy atom. The van der Waals surface area contributed by atoms with E-state index >= 15 is 0 Å². The minimum Gasteiger partial charge on any atom is -0.502 e. The molecule has 0 unspecified atom stereocenters. The molecule has 0 spiro atoms. The lowest BCUT2D eigenvalue weighted by Crippen LogP contribution is -2.37. The molecule has 1 aromatic rings. The third-order valence-electron chi connectivity index (χ3n) is 2.69. The molecule has 9 heteroatoms. The third-order valence-corrected chi connectivity index (χ3v) is 2.69. The van der Waals surface area contributed by atoms with E-state index in [1.165, 1.54) is 0 Å². The summed E-state index contributed by atoms with van der Waals surface area (Å²) in [6.45, 7) is -0.587. The molecule has 0 aliphatic carbocycles. The number of aliphatic hydroxyl groups excluding tert-OH is 3. The second kappa shape index (κ2) is 4.53. The van der Waals surface area contributed by atoms with Gasteiger partial charge in [0.05, 0.1) is 12.8 Å². The van der Waals surface area contributed by atoms with Crippen LogP contribution >= 0.6 is 0 Å². The second-order valence-corrected chi connectivity index (χ2v) is 3.85. The maximum Gasteiger partial charge on any atom is 0.330 e. The van der Waals surface area contributed by atoms with Crippen molar-refractivity contribution in [2.75, 3.05) is 6.61 Å². The number of aromatic amines is 1. The van der Waals surface area contributed by atoms with Gasteiger partial charge in [-0.25, -0.2) is 4.79 Å². The number of aliphatic hydroxyl groups is 3. The summed E-state index contributed by atoms with van der Waals surface area (Å²) < 4.78 is 12.8. The predicted molar refractivity (Wildman–Crippen MR) is 56.0 cm³/mol. The van der Waals surface area contributed by atoms with Gasteiger partial charge in [-0.3, -0.25) is 14.3 Å². The van der Waals surface area contributed by atoms with E-state index in [1.54, 1.807) is 0 Å². The number of ether oxygens (including phenoxy) is 1. The van der Waals surface area contributed by atoms with Crippen molar-refractivity contribution >= 4 is 0 Å². The number of aromatic nitrogens is 2. The number of aromatic hydroxyl groups is 1. The fourth-order valence-corrected chi connectivity index (χ4v) is 1.74. The fourth-order valence-electron chi connectivity index (χ4n) is 1.74. The molecule has 0 saturated carbocycles. The first-order valence-electron chi connectivity index (χ1n) is 5.52. The summed E-state index contributed by atoms with van der Waals surface area (Å²) in [6, 6.07) is 0. The zero-order valence-corrected chi connectivity index (χ0v) is 9.00. The van der Waals surface area contributed by atoms with E-state index in [0.717, 1.165) is 0 Å². The highest BCUT2D eigenvalue weighted by Crippen LogP contribution is 2.28. The summed E-state index contributed by atoms with van der Waals surface area (Å²) in [6.07, 6.45) is -4.81. The molecule has 1 fully saturated rings. The second-order valence-electron chi connectivity index (χ2n) is 3.85. The smallest absolute Gasteiger partial charge is 0.330 e. The maximum absolute atomic E-state index is 11.7. The lowest BCUT2D eigenvalue weighted by Gasteiger charge is -2.16. The highest BCUT2D eigenvalue weighted by atomic mass is 16.6. The van der Waals surface area contributed by atoms with E-state index in [0.29, 0.717) is 10.8 Å². The number of nitrogens with zero attached hydrogens (tertiary/aromatic N) is 1. The van der Waals surface area contributed by atoms with Crippen LogP contribution in [0.4, 0.5) is 0 Å². The summed E-state index contributed by atoms with van der Waals surface area (Å²) in [4.78, 5) is 22.7. The Morgan fingerprint density at radius 1 is 1.44 bits per heavy atom. The first-order chi connectivity index (χ1) is 8.88. The average Bonchev–Trinajstić information content (AvgIpc) is 2.68. The van der Waals surface area contributed by atoms with Gasteiger partial charge in [0.2, 0.25) is 0 Å². The summed E-state index contributed by atoms with van der Waals surface area (Å²) in [5.74, 6) is -0.882. The van der Waals surface area contributed by atoms with E-state index in [1.807, 2.05) is 0 Å². The van der Waals surface area contributed by atoms with E-state index in [2.05, 4.69) is 0 Å². The quantitative estimate of drug-likeness (QED) is 0.378. The Labute approximate surface area is 101 Å². The zero-order valence-electron chi connectivity index (χ0n) is 10.0. The Kier molecular flexibility index (Phi) is 2.88. The van der Waals surface area contributed by atoms with Gasteiger partial charge in [0.15, 0.2) is 13.4 Å². The molecule has 9 nitrogen and oxygen atoms in total. The third kappa shape index (κ3) is 1.93. The minimum atomic E-state index is -1.55. The van der Waals surface area contributed by atoms with Crippen LogP contribution in [0.2, 0.25) is 1.41 Å². The molecule has 100 valence electrons. The van der Waals surface area contributed by atoms with Crippen LogP contribution in [0.15, 0.2) is 15.8 Å². The molecule has 1 aliphatic rings. The van der Waals surface area contributed by atoms with Crippen molar-refractivity contribution in [3.63, 3.8) is 0 Å². The van der Waals surface area contributed by atoms with Crippen LogP contribution in [-0.2, 0) is 4.74 Å². The molecule has 18 heavy (non-hydrogen) atoms. The monoisotopic (exact) mass is 261 g/mol. The Hall–Kier alpha value is -1.68. The van der Waals surface area contributed by atoms with Crippen LogP contribution in [0.3, 0.4) is 0 Å². The van der Waals surface area contributed by atoms with Crippen LogP contribution in [0.5, 0.6) is 5.75 Å². The Morgan fingerprint density at radius 2 is 2.11 bits per heavy atom. The highest BCUT2D eigenvalue weighted by Gasteiger charge is 2.43. The Balaban J connectivity index is 2.50. The van der Waals surface area contributed by atoms with Gasteiger partial charge < -0.3 is 25.2 Å². The molecule has 1 aliphatic heterocycles. The first kappa shape index (κ1) is 11.4. The normalized spacial score (nSPS) is 32.5. The average molecular weight is 261 g/mol. The molecule has 0 aromatic carbocycles. The largest absolute Gasteiger partial charge is 0.502 e. The van der Waals surface area contributed by atoms with Gasteiger partial charge >= 0.3 is 5.69 Å². The van der Waals surface area contributed by atoms with Crippen LogP contribution in [-0.4, -0.2) is 54.9 Å². The van der Waals surface area contributed by atoms with Gasteiger partial charge in [0, 0.05) is 0 Å². The minimum absolute atomic E-state index is 0.107. The highest BCUT2D eigenvalue weighted by molar-refractivity contribution is 5.10. The summed E-state index contributed by atoms with van der Waals surface area (Å²) in [7, 11) is 0. The topological polar surface area (TPSA) is 145 Å². The number of nitrogens with one attached hydrogen (secondary N) is 1. The van der Waals surface area contributed by atoms with E-state index in [4.69, 9.17) is 11.3 Å². The summed E-state index contributed by atoms with van der Waals surface area (Å²) in [5, 5.41) is 37.5. The molecule has 0 amide bonds. The summed E-state index contributed by atoms with van der Waals surface area (Å²) >= 11 is 0. The predicted octanol–water partition coefficient (Wildman–Crippen LogP) is -3.15. The maximum atomic E-state index is 11.7. The molecule has 1 saturated heterocycles. The van der Waals surface area contributed by atoms with E-state index < -0.39 is 48.1 Å². The van der Waals surface area contributed by atoms with Crippen LogP contribution < -0.4 is 11.2 Å². The van der Waals surface area contributed by atoms with Crippen molar-refractivity contribution in [1.29, 1.82) is 0 Å². The summed E-state index contributed by atoms with van der Waals surface area (Å²) in [5.41, 5.74) is -2.37. The number of hydrogen-bond donors (Lipinski definition) is 5. The van der Waals surface area contributed by atoms with Gasteiger partial charge in [-0.1, -0.05) is 0 Å². The molecule has 4 atom stereocenters. The molecule has 0 bridgehead atoms. The number of rotatable bonds is 2. The Bertz CT molecular complexity index is 597. The standard InChI is InChI=1S/C9H12N2O7/c12-2-4-5(14)6(15)8(18-4)11-1-3(13)7(16)10-9(11)17/h1,4-6,8,12-15H,2H2,(H,10,16,17)/t4-,5-,6-,8-/m1/s1/i/hD. The molecular formula is C9H12N2O7. The first-order valence-corrected chi connectivity index (χ1v) is 5.07. The van der Waals surface area contributed by atoms with Crippen molar-refractivity contribution in [2.24, 2.45) is 0 Å². The van der Waals surface area contributed by atoms with Gasteiger partial charge in [-0.15, -0.1) is 0 Å². The fraction of sp³-hybridized carbons (Fsp3) is 0.556. The SMILES string of the molecule is [2H]n1c(=O)c(O)cn([C@@H]2O[C@H](CO)[C@@H](O)[C@H]2O)c1=O. The molecule has 1 aromatic heterocycles. The van der Waals surface area contributed by atoms with Crippen LogP contribution in [0.1, 0.15) is 6.23 Å². The molecule has 5 N–H and O–H groups in total. The molecule has 2 heterocycles. The lowest BCUT2D eigenvalue weighted by molar-refractivity contribution is -0.0552. The number of hydrogen-bond acceptors (Lipinski definition) is 7. The van der Waals surface area contributed by atoms with Gasteiger partial charge in [0.25, 0.3) is 5.56 Å². The molecular weight excluding hydrogens is 248 g/mol. The molecule has 0 radical (unpaired) electrons. The zero-order chi connectivity index (χ0) is 14.3. The van der Waals surface area contributed by atoms with Crippen molar-refractivity contribution in [3.05, 3.63) is 27.0 Å². The van der Waals surface area contributed by atoms with Gasteiger partial charge in [-0.2, -0.15) is 0 Å². The van der Waals surface area contributed by atoms with E-state index in [9.17, 15) is 24.9 Å². The van der Waals surface area contributed by atoms with Crippen molar-refractivity contribution < 1.29 is 26.6 Å². The van der Waals surface area contributed by atoms with Crippen molar-refractivity contribution in [2.45, 2.75) is 24.5 Å². The lowest BCUT2D eigenvalue weighted by atomic mass is 10.1. The van der Waals surface area contributed by atoms with Crippen LogP contribution in [0.25, 0.3) is 0 Å². The van der Waals surface area contributed by atoms with Crippen molar-refractivity contribution in [1.82, 2.24) is 9.54 Å². The van der Waals surface area contributed by atoms with Crippen molar-refractivity contribution in [3.8, 4) is 5.75 Å². The van der Waals surface area contributed by atoms with Gasteiger partial charge in [-0.05, 0) is 0 Å².